The average molecular weight is 219 g/mol. The molecule has 1 heterocycles. The Morgan fingerprint density at radius 1 is 1.44 bits per heavy atom. The van der Waals surface area contributed by atoms with Crippen LogP contribution in [0.25, 0.3) is 11.1 Å². The van der Waals surface area contributed by atoms with Crippen molar-refractivity contribution in [2.24, 2.45) is 5.73 Å². The molecule has 16 heavy (non-hydrogen) atoms. The third-order valence-electron chi connectivity index (χ3n) is 2.52. The van der Waals surface area contributed by atoms with Gasteiger partial charge >= 0.3 is 0 Å². The van der Waals surface area contributed by atoms with E-state index in [0.29, 0.717) is 12.4 Å². The maximum absolute atomic E-state index is 5.51. The fourth-order valence-corrected chi connectivity index (χ4v) is 1.79. The minimum Gasteiger partial charge on any atom is -0.441 e. The lowest BCUT2D eigenvalue weighted by Crippen LogP contribution is -2.24. The molecule has 0 saturated carbocycles. The van der Waals surface area contributed by atoms with E-state index in [1.54, 1.807) is 0 Å². The first-order valence-corrected chi connectivity index (χ1v) is 5.43. The second-order valence-electron chi connectivity index (χ2n) is 4.06. The van der Waals surface area contributed by atoms with E-state index in [1.165, 1.54) is 5.56 Å². The lowest BCUT2D eigenvalue weighted by atomic mass is 10.2. The molecule has 0 unspecified atom stereocenters. The van der Waals surface area contributed by atoms with Gasteiger partial charge in [-0.05, 0) is 24.7 Å². The van der Waals surface area contributed by atoms with Crippen molar-refractivity contribution in [3.05, 3.63) is 29.7 Å². The number of nitrogens with two attached hydrogens (primary N) is 1. The van der Waals surface area contributed by atoms with Gasteiger partial charge in [-0.1, -0.05) is 6.07 Å². The van der Waals surface area contributed by atoms with E-state index in [1.807, 2.05) is 19.1 Å². The lowest BCUT2D eigenvalue weighted by molar-refractivity contribution is 0.336. The molecule has 4 nitrogen and oxygen atoms in total. The third kappa shape index (κ3) is 2.40. The summed E-state index contributed by atoms with van der Waals surface area (Å²) in [4.78, 5) is 6.45. The van der Waals surface area contributed by atoms with E-state index >= 15 is 0 Å². The van der Waals surface area contributed by atoms with Crippen molar-refractivity contribution in [1.82, 2.24) is 9.88 Å². The van der Waals surface area contributed by atoms with Gasteiger partial charge in [-0.3, -0.25) is 0 Å². The summed E-state index contributed by atoms with van der Waals surface area (Å²) in [6, 6.07) is 6.12. The van der Waals surface area contributed by atoms with Crippen LogP contribution in [-0.2, 0) is 6.54 Å². The highest BCUT2D eigenvalue weighted by Crippen LogP contribution is 2.17. The van der Waals surface area contributed by atoms with E-state index in [0.717, 1.165) is 24.2 Å². The number of aromatic nitrogens is 1. The van der Waals surface area contributed by atoms with Gasteiger partial charge in [0.05, 0.1) is 0 Å². The summed E-state index contributed by atoms with van der Waals surface area (Å²) in [5.74, 6) is 0.711. The fraction of sp³-hybridized carbons (Fsp3) is 0.417. The molecule has 0 aliphatic heterocycles. The molecule has 0 amide bonds. The van der Waals surface area contributed by atoms with Crippen molar-refractivity contribution < 1.29 is 4.42 Å². The molecule has 1 aromatic heterocycles. The lowest BCUT2D eigenvalue weighted by Gasteiger charge is -2.14. The van der Waals surface area contributed by atoms with Gasteiger partial charge in [0.1, 0.15) is 5.52 Å². The predicted octanol–water partition coefficient (Wildman–Crippen LogP) is 1.53. The molecule has 0 aliphatic carbocycles. The van der Waals surface area contributed by atoms with Crippen molar-refractivity contribution in [3.8, 4) is 0 Å². The Kier molecular flexibility index (Phi) is 3.22. The van der Waals surface area contributed by atoms with E-state index < -0.39 is 0 Å². The minimum atomic E-state index is 0.681. The van der Waals surface area contributed by atoms with Crippen LogP contribution in [0.15, 0.2) is 22.6 Å². The van der Waals surface area contributed by atoms with E-state index in [4.69, 9.17) is 10.2 Å². The molecule has 2 N–H and O–H groups in total. The monoisotopic (exact) mass is 219 g/mol. The van der Waals surface area contributed by atoms with Crippen LogP contribution >= 0.6 is 0 Å². The van der Waals surface area contributed by atoms with Crippen LogP contribution in [0.5, 0.6) is 0 Å². The normalized spacial score (nSPS) is 11.5. The Labute approximate surface area is 95.1 Å². The van der Waals surface area contributed by atoms with E-state index in [-0.39, 0.29) is 0 Å². The zero-order valence-corrected chi connectivity index (χ0v) is 9.73. The van der Waals surface area contributed by atoms with Gasteiger partial charge in [-0.15, -0.1) is 0 Å². The molecule has 86 valence electrons. The first-order valence-electron chi connectivity index (χ1n) is 5.43. The highest BCUT2D eigenvalue weighted by Gasteiger charge is 2.04. The molecular weight excluding hydrogens is 202 g/mol. The maximum Gasteiger partial charge on any atom is 0.192 e. The fourth-order valence-electron chi connectivity index (χ4n) is 1.79. The summed E-state index contributed by atoms with van der Waals surface area (Å²) >= 11 is 0. The van der Waals surface area contributed by atoms with Crippen LogP contribution in [0.2, 0.25) is 0 Å². The molecule has 0 bridgehead atoms. The van der Waals surface area contributed by atoms with Crippen molar-refractivity contribution in [2.75, 3.05) is 20.1 Å². The standard InChI is InChI=1S/C12H17N3O/c1-9-14-11-4-3-10(7-12(11)16-9)8-15(2)6-5-13/h3-4,7H,5-6,8,13H2,1-2H3. The molecule has 1 aromatic carbocycles. The first-order chi connectivity index (χ1) is 7.69. The smallest absolute Gasteiger partial charge is 0.192 e. The number of hydrogen-bond donors (Lipinski definition) is 1. The van der Waals surface area contributed by atoms with Crippen LogP contribution in [0.1, 0.15) is 11.5 Å². The zero-order valence-electron chi connectivity index (χ0n) is 9.73. The van der Waals surface area contributed by atoms with E-state index in [2.05, 4.69) is 23.0 Å². The summed E-state index contributed by atoms with van der Waals surface area (Å²) in [6.45, 7) is 4.32. The van der Waals surface area contributed by atoms with Crippen LogP contribution < -0.4 is 5.73 Å². The van der Waals surface area contributed by atoms with Crippen LogP contribution in [0.3, 0.4) is 0 Å². The number of oxazole rings is 1. The molecule has 0 spiro atoms. The molecule has 2 rings (SSSR count). The summed E-state index contributed by atoms with van der Waals surface area (Å²) in [6.07, 6.45) is 0. The first kappa shape index (κ1) is 11.1. The van der Waals surface area contributed by atoms with Crippen molar-refractivity contribution in [1.29, 1.82) is 0 Å². The van der Waals surface area contributed by atoms with Crippen molar-refractivity contribution in [2.45, 2.75) is 13.5 Å². The summed E-state index contributed by atoms with van der Waals surface area (Å²) in [5.41, 5.74) is 8.51. The highest BCUT2D eigenvalue weighted by molar-refractivity contribution is 5.73. The van der Waals surface area contributed by atoms with Gasteiger partial charge in [0, 0.05) is 26.6 Å². The average Bonchev–Trinajstić information content (AvgIpc) is 2.57. The van der Waals surface area contributed by atoms with Crippen molar-refractivity contribution >= 4 is 11.1 Å². The minimum absolute atomic E-state index is 0.681. The molecule has 2 aromatic rings. The van der Waals surface area contributed by atoms with Gasteiger partial charge in [0.2, 0.25) is 0 Å². The Morgan fingerprint density at radius 3 is 3.00 bits per heavy atom. The third-order valence-corrected chi connectivity index (χ3v) is 2.52. The number of rotatable bonds is 4. The van der Waals surface area contributed by atoms with Gasteiger partial charge in [0.15, 0.2) is 11.5 Å². The Balaban J connectivity index is 2.18. The summed E-state index contributed by atoms with van der Waals surface area (Å²) in [5, 5.41) is 0. The SMILES string of the molecule is Cc1nc2ccc(CN(C)CCN)cc2o1. The Hall–Kier alpha value is -1.39. The Morgan fingerprint density at radius 2 is 2.25 bits per heavy atom. The van der Waals surface area contributed by atoms with Crippen LogP contribution in [-0.4, -0.2) is 30.0 Å². The van der Waals surface area contributed by atoms with Crippen LogP contribution in [0, 0.1) is 6.92 Å². The molecule has 0 aliphatic rings. The maximum atomic E-state index is 5.51. The predicted molar refractivity (Wildman–Crippen MR) is 64.1 cm³/mol. The quantitative estimate of drug-likeness (QED) is 0.847. The molecule has 4 heteroatoms. The molecule has 0 fully saturated rings. The van der Waals surface area contributed by atoms with Gasteiger partial charge < -0.3 is 15.1 Å². The highest BCUT2D eigenvalue weighted by atomic mass is 16.3. The number of likely N-dealkylation sites (N-methyl/N-ethyl adjacent to an activating group) is 1. The summed E-state index contributed by atoms with van der Waals surface area (Å²) < 4.78 is 5.50. The zero-order chi connectivity index (χ0) is 11.5. The van der Waals surface area contributed by atoms with Crippen molar-refractivity contribution in [3.63, 3.8) is 0 Å². The number of aryl methyl sites for hydroxylation is 1. The topological polar surface area (TPSA) is 55.3 Å². The number of benzene rings is 1. The number of nitrogens with zero attached hydrogens (tertiary/aromatic N) is 2. The molecule has 0 atom stereocenters. The number of hydrogen-bond acceptors (Lipinski definition) is 4. The van der Waals surface area contributed by atoms with Gasteiger partial charge in [0.25, 0.3) is 0 Å². The summed E-state index contributed by atoms with van der Waals surface area (Å²) in [7, 11) is 2.06. The van der Waals surface area contributed by atoms with E-state index in [9.17, 15) is 0 Å². The molecule has 0 saturated heterocycles. The largest absolute Gasteiger partial charge is 0.441 e. The van der Waals surface area contributed by atoms with Crippen LogP contribution in [0.4, 0.5) is 0 Å². The number of fused-ring (bicyclic) bond motifs is 1. The van der Waals surface area contributed by atoms with Gasteiger partial charge in [-0.2, -0.15) is 0 Å². The molecule has 0 radical (unpaired) electrons. The molecular formula is C12H17N3O. The van der Waals surface area contributed by atoms with Gasteiger partial charge in [-0.25, -0.2) is 4.98 Å². The second kappa shape index (κ2) is 4.63. The second-order valence-corrected chi connectivity index (χ2v) is 4.06. The Bertz CT molecular complexity index is 478.